The SMILES string of the molecule is COc1ccnc(C(=O)NCC(=O)OC(Cc2ccc(F)cc2Cl)C(C)c2ccccc2)c1OCOC(C)=O. The Morgan fingerprint density at radius 3 is 2.51 bits per heavy atom. The first-order valence-corrected chi connectivity index (χ1v) is 12.3. The van der Waals surface area contributed by atoms with Crippen molar-refractivity contribution >= 4 is 29.4 Å². The Balaban J connectivity index is 1.72. The number of hydrogen-bond donors (Lipinski definition) is 1. The molecule has 1 heterocycles. The van der Waals surface area contributed by atoms with Crippen LogP contribution < -0.4 is 14.8 Å². The van der Waals surface area contributed by atoms with Gasteiger partial charge in [-0.2, -0.15) is 0 Å². The number of benzene rings is 2. The molecule has 1 amide bonds. The molecule has 206 valence electrons. The van der Waals surface area contributed by atoms with Gasteiger partial charge in [0, 0.05) is 36.5 Å². The van der Waals surface area contributed by atoms with Gasteiger partial charge in [-0.25, -0.2) is 9.37 Å². The van der Waals surface area contributed by atoms with Gasteiger partial charge in [-0.1, -0.05) is 54.9 Å². The van der Waals surface area contributed by atoms with E-state index in [9.17, 15) is 18.8 Å². The van der Waals surface area contributed by atoms with E-state index in [1.165, 1.54) is 38.4 Å². The molecule has 0 spiro atoms. The van der Waals surface area contributed by atoms with Gasteiger partial charge in [0.05, 0.1) is 7.11 Å². The van der Waals surface area contributed by atoms with Gasteiger partial charge in [0.1, 0.15) is 18.5 Å². The smallest absolute Gasteiger partial charge is 0.325 e. The topological polar surface area (TPSA) is 113 Å². The Morgan fingerprint density at radius 2 is 1.85 bits per heavy atom. The van der Waals surface area contributed by atoms with Crippen molar-refractivity contribution in [2.45, 2.75) is 32.3 Å². The Morgan fingerprint density at radius 1 is 1.10 bits per heavy atom. The van der Waals surface area contributed by atoms with Crippen molar-refractivity contribution < 1.29 is 37.7 Å². The minimum atomic E-state index is -0.738. The van der Waals surface area contributed by atoms with Crippen molar-refractivity contribution in [3.63, 3.8) is 0 Å². The molecular formula is C28H28ClFN2O7. The Bertz CT molecular complexity index is 1310. The van der Waals surface area contributed by atoms with E-state index in [4.69, 9.17) is 30.5 Å². The van der Waals surface area contributed by atoms with Gasteiger partial charge < -0.3 is 24.3 Å². The number of ether oxygens (including phenoxy) is 4. The lowest BCUT2D eigenvalue weighted by Crippen LogP contribution is -2.35. The summed E-state index contributed by atoms with van der Waals surface area (Å²) in [5, 5.41) is 2.68. The molecule has 3 rings (SSSR count). The van der Waals surface area contributed by atoms with E-state index >= 15 is 0 Å². The molecule has 0 fully saturated rings. The summed E-state index contributed by atoms with van der Waals surface area (Å²) in [6, 6.07) is 14.9. The molecule has 9 nitrogen and oxygen atoms in total. The maximum atomic E-state index is 13.6. The van der Waals surface area contributed by atoms with Crippen LogP contribution in [0.4, 0.5) is 4.39 Å². The lowest BCUT2D eigenvalue weighted by molar-refractivity contribution is -0.149. The van der Waals surface area contributed by atoms with E-state index in [1.54, 1.807) is 6.07 Å². The lowest BCUT2D eigenvalue weighted by Gasteiger charge is -2.25. The molecule has 2 aromatic carbocycles. The number of hydrogen-bond acceptors (Lipinski definition) is 8. The van der Waals surface area contributed by atoms with Gasteiger partial charge >= 0.3 is 11.9 Å². The minimum Gasteiger partial charge on any atom is -0.493 e. The van der Waals surface area contributed by atoms with Gasteiger partial charge in [0.15, 0.2) is 17.2 Å². The van der Waals surface area contributed by atoms with Crippen LogP contribution in [0.2, 0.25) is 5.02 Å². The summed E-state index contributed by atoms with van der Waals surface area (Å²) in [6.07, 6.45) is 0.882. The maximum Gasteiger partial charge on any atom is 0.325 e. The highest BCUT2D eigenvalue weighted by Crippen LogP contribution is 2.30. The summed E-state index contributed by atoms with van der Waals surface area (Å²) in [7, 11) is 1.37. The predicted octanol–water partition coefficient (Wildman–Crippen LogP) is 4.47. The molecule has 11 heteroatoms. The normalized spacial score (nSPS) is 12.1. The summed E-state index contributed by atoms with van der Waals surface area (Å²) in [6.45, 7) is 2.16. The van der Waals surface area contributed by atoms with Crippen LogP contribution in [-0.2, 0) is 25.5 Å². The summed E-state index contributed by atoms with van der Waals surface area (Å²) >= 11 is 6.23. The third kappa shape index (κ3) is 8.41. The predicted molar refractivity (Wildman–Crippen MR) is 140 cm³/mol. The zero-order chi connectivity index (χ0) is 28.4. The van der Waals surface area contributed by atoms with Crippen LogP contribution in [-0.4, -0.2) is 49.4 Å². The van der Waals surface area contributed by atoms with E-state index in [0.29, 0.717) is 5.56 Å². The van der Waals surface area contributed by atoms with Crippen molar-refractivity contribution in [3.8, 4) is 11.5 Å². The van der Waals surface area contributed by atoms with Gasteiger partial charge in [-0.3, -0.25) is 14.4 Å². The van der Waals surface area contributed by atoms with E-state index in [1.807, 2.05) is 37.3 Å². The van der Waals surface area contributed by atoms with E-state index in [-0.39, 0.29) is 34.6 Å². The number of esters is 2. The molecule has 0 bridgehead atoms. The number of nitrogens with one attached hydrogen (secondary N) is 1. The summed E-state index contributed by atoms with van der Waals surface area (Å²) in [5.74, 6) is -2.62. The van der Waals surface area contributed by atoms with Crippen molar-refractivity contribution in [2.24, 2.45) is 0 Å². The Hall–Kier alpha value is -4.18. The summed E-state index contributed by atoms with van der Waals surface area (Å²) in [4.78, 5) is 40.8. The van der Waals surface area contributed by atoms with Gasteiger partial charge in [-0.05, 0) is 23.3 Å². The molecule has 0 radical (unpaired) electrons. The molecule has 3 aromatic rings. The van der Waals surface area contributed by atoms with Crippen LogP contribution in [0.1, 0.15) is 41.4 Å². The molecule has 0 aliphatic rings. The highest BCUT2D eigenvalue weighted by atomic mass is 35.5. The van der Waals surface area contributed by atoms with Crippen LogP contribution >= 0.6 is 11.6 Å². The Kier molecular flexibility index (Phi) is 10.6. The third-order valence-corrected chi connectivity index (χ3v) is 6.12. The fourth-order valence-corrected chi connectivity index (χ4v) is 3.95. The number of aromatic nitrogens is 1. The second-order valence-electron chi connectivity index (χ2n) is 8.44. The lowest BCUT2D eigenvalue weighted by atomic mass is 9.91. The average molecular weight is 559 g/mol. The van der Waals surface area contributed by atoms with Crippen LogP contribution in [0.3, 0.4) is 0 Å². The number of methoxy groups -OCH3 is 1. The first-order chi connectivity index (χ1) is 18.7. The second kappa shape index (κ2) is 14.1. The molecule has 0 aliphatic heterocycles. The number of nitrogens with zero attached hydrogens (tertiary/aromatic N) is 1. The first kappa shape index (κ1) is 29.4. The van der Waals surface area contributed by atoms with Gasteiger partial charge in [0.25, 0.3) is 5.91 Å². The molecule has 0 aliphatic carbocycles. The largest absolute Gasteiger partial charge is 0.493 e. The first-order valence-electron chi connectivity index (χ1n) is 11.9. The standard InChI is InChI=1S/C28H28ClFN2O7/c1-17(19-7-5-4-6-8-19)24(13-20-9-10-21(30)14-22(20)29)39-25(34)15-32-28(35)26-27(38-16-37-18(2)33)23(36-3)11-12-31-26/h4-12,14,17,24H,13,15-16H2,1-3H3,(H,32,35). The number of amides is 1. The number of halogens is 2. The molecule has 2 unspecified atom stereocenters. The van der Waals surface area contributed by atoms with E-state index in [2.05, 4.69) is 10.3 Å². The van der Waals surface area contributed by atoms with Crippen molar-refractivity contribution in [3.05, 3.63) is 88.5 Å². The minimum absolute atomic E-state index is 0.0614. The molecule has 0 saturated carbocycles. The molecular weight excluding hydrogens is 531 g/mol. The van der Waals surface area contributed by atoms with E-state index in [0.717, 1.165) is 5.56 Å². The Labute approximate surface area is 230 Å². The fourth-order valence-electron chi connectivity index (χ4n) is 3.71. The fraction of sp³-hybridized carbons (Fsp3) is 0.286. The third-order valence-electron chi connectivity index (χ3n) is 5.76. The van der Waals surface area contributed by atoms with Gasteiger partial charge in [0.2, 0.25) is 6.79 Å². The zero-order valence-electron chi connectivity index (χ0n) is 21.6. The number of carbonyl (C=O) groups is 3. The van der Waals surface area contributed by atoms with Crippen molar-refractivity contribution in [2.75, 3.05) is 20.4 Å². The average Bonchev–Trinajstić information content (AvgIpc) is 2.92. The molecule has 1 aromatic heterocycles. The van der Waals surface area contributed by atoms with Crippen LogP contribution in [0, 0.1) is 5.82 Å². The molecule has 1 N–H and O–H groups in total. The summed E-state index contributed by atoms with van der Waals surface area (Å²) < 4.78 is 34.7. The number of carbonyl (C=O) groups excluding carboxylic acids is 3. The zero-order valence-corrected chi connectivity index (χ0v) is 22.4. The maximum absolute atomic E-state index is 13.6. The highest BCUT2D eigenvalue weighted by Gasteiger charge is 2.26. The molecule has 0 saturated heterocycles. The number of rotatable bonds is 12. The molecule has 2 atom stereocenters. The quantitative estimate of drug-likeness (QED) is 0.256. The highest BCUT2D eigenvalue weighted by molar-refractivity contribution is 6.31. The molecule has 39 heavy (non-hydrogen) atoms. The van der Waals surface area contributed by atoms with Crippen LogP contribution in [0.5, 0.6) is 11.5 Å². The number of pyridine rings is 1. The van der Waals surface area contributed by atoms with Gasteiger partial charge in [-0.15, -0.1) is 0 Å². The van der Waals surface area contributed by atoms with Crippen molar-refractivity contribution in [1.29, 1.82) is 0 Å². The monoisotopic (exact) mass is 558 g/mol. The van der Waals surface area contributed by atoms with Crippen molar-refractivity contribution in [1.82, 2.24) is 10.3 Å². The van der Waals surface area contributed by atoms with Crippen LogP contribution in [0.15, 0.2) is 60.8 Å². The van der Waals surface area contributed by atoms with E-state index < -0.39 is 43.1 Å². The van der Waals surface area contributed by atoms with Crippen LogP contribution in [0.25, 0.3) is 0 Å². The summed E-state index contributed by atoms with van der Waals surface area (Å²) in [5.41, 5.74) is 1.35. The second-order valence-corrected chi connectivity index (χ2v) is 8.85.